The molecule has 7 heteroatoms. The molecule has 0 radical (unpaired) electrons. The van der Waals surface area contributed by atoms with Crippen molar-refractivity contribution in [3.05, 3.63) is 0 Å². The van der Waals surface area contributed by atoms with Crippen LogP contribution in [0.5, 0.6) is 0 Å². The molecule has 1 fully saturated rings. The largest absolute Gasteiger partial charge is 0.362 e. The molecule has 1 aliphatic heterocycles. The first-order valence-electron chi connectivity index (χ1n) is 5.66. The summed E-state index contributed by atoms with van der Waals surface area (Å²) in [5.74, 6) is -1.05. The fraction of sp³-hybridized carbons (Fsp3) is 0.727. The number of carbonyl (C=O) groups excluding carboxylic acids is 3. The summed E-state index contributed by atoms with van der Waals surface area (Å²) in [6.07, 6.45) is 0. The van der Waals surface area contributed by atoms with Crippen LogP contribution in [-0.2, 0) is 19.1 Å². The van der Waals surface area contributed by atoms with E-state index in [2.05, 4.69) is 10.6 Å². The first kappa shape index (κ1) is 14.6. The summed E-state index contributed by atoms with van der Waals surface area (Å²) in [5, 5.41) is 4.79. The predicted molar refractivity (Wildman–Crippen MR) is 63.6 cm³/mol. The van der Waals surface area contributed by atoms with Crippen LogP contribution in [0.3, 0.4) is 0 Å². The predicted octanol–water partition coefficient (Wildman–Crippen LogP) is -1.69. The van der Waals surface area contributed by atoms with Gasteiger partial charge in [-0.3, -0.25) is 14.4 Å². The van der Waals surface area contributed by atoms with Crippen LogP contribution >= 0.6 is 0 Å². The molecule has 1 saturated heterocycles. The molecule has 0 spiro atoms. The van der Waals surface area contributed by atoms with Gasteiger partial charge in [0.25, 0.3) is 0 Å². The molecule has 4 N–H and O–H groups in total. The monoisotopic (exact) mass is 257 g/mol. The lowest BCUT2D eigenvalue weighted by Crippen LogP contribution is -2.51. The maximum absolute atomic E-state index is 11.5. The standard InChI is InChI=1S/C11H19N3O4/c1-10(2,12)9(17)14-5-8(16)13-4-7(15)11(3)6-18-11/h4-6,12H2,1-3H3,(H,13,16)(H,14,17)/t11-/m1/s1. The van der Waals surface area contributed by atoms with Gasteiger partial charge in [0, 0.05) is 0 Å². The highest BCUT2D eigenvalue weighted by atomic mass is 16.6. The Bertz CT molecular complexity index is 346. The van der Waals surface area contributed by atoms with E-state index in [0.717, 1.165) is 0 Å². The van der Waals surface area contributed by atoms with Crippen molar-refractivity contribution >= 4 is 17.6 Å². The number of amides is 2. The zero-order valence-electron chi connectivity index (χ0n) is 10.8. The highest BCUT2D eigenvalue weighted by molar-refractivity contribution is 5.95. The number of rotatable bonds is 6. The summed E-state index contributed by atoms with van der Waals surface area (Å²) in [4.78, 5) is 34.2. The van der Waals surface area contributed by atoms with Crippen molar-refractivity contribution in [3.8, 4) is 0 Å². The molecule has 102 valence electrons. The van der Waals surface area contributed by atoms with E-state index in [1.807, 2.05) is 0 Å². The maximum Gasteiger partial charge on any atom is 0.239 e. The van der Waals surface area contributed by atoms with Gasteiger partial charge in [-0.1, -0.05) is 0 Å². The molecule has 2 amide bonds. The summed E-state index contributed by atoms with van der Waals surface area (Å²) in [7, 11) is 0. The molecule has 1 rings (SSSR count). The minimum atomic E-state index is -1.04. The fourth-order valence-corrected chi connectivity index (χ4v) is 1.09. The molecule has 0 saturated carbocycles. The van der Waals surface area contributed by atoms with E-state index in [9.17, 15) is 14.4 Å². The molecule has 0 aliphatic carbocycles. The number of ether oxygens (including phenoxy) is 1. The van der Waals surface area contributed by atoms with Crippen LogP contribution < -0.4 is 16.4 Å². The summed E-state index contributed by atoms with van der Waals surface area (Å²) in [5.41, 5.74) is 3.76. The van der Waals surface area contributed by atoms with Gasteiger partial charge in [-0.25, -0.2) is 0 Å². The maximum atomic E-state index is 11.5. The number of ketones is 1. The van der Waals surface area contributed by atoms with E-state index in [-0.39, 0.29) is 18.9 Å². The molecule has 1 atom stereocenters. The molecular formula is C11H19N3O4. The smallest absolute Gasteiger partial charge is 0.239 e. The number of carbonyl (C=O) groups is 3. The zero-order valence-corrected chi connectivity index (χ0v) is 10.8. The molecule has 1 heterocycles. The molecule has 18 heavy (non-hydrogen) atoms. The molecule has 0 bridgehead atoms. The van der Waals surface area contributed by atoms with Crippen molar-refractivity contribution in [2.45, 2.75) is 31.9 Å². The van der Waals surface area contributed by atoms with Crippen LogP contribution in [0.4, 0.5) is 0 Å². The third-order valence-electron chi connectivity index (χ3n) is 2.61. The first-order valence-corrected chi connectivity index (χ1v) is 5.66. The van der Waals surface area contributed by atoms with Gasteiger partial charge >= 0.3 is 0 Å². The Kier molecular flexibility index (Phi) is 4.08. The molecule has 0 aromatic carbocycles. The normalized spacial score (nSPS) is 22.2. The molecule has 0 aromatic rings. The molecular weight excluding hydrogens is 238 g/mol. The van der Waals surface area contributed by atoms with Gasteiger partial charge in [-0.15, -0.1) is 0 Å². The van der Waals surface area contributed by atoms with Gasteiger partial charge in [0.1, 0.15) is 5.60 Å². The second kappa shape index (κ2) is 5.03. The van der Waals surface area contributed by atoms with Crippen molar-refractivity contribution < 1.29 is 19.1 Å². The third kappa shape index (κ3) is 4.08. The lowest BCUT2D eigenvalue weighted by molar-refractivity contribution is -0.129. The highest BCUT2D eigenvalue weighted by Crippen LogP contribution is 2.26. The summed E-state index contributed by atoms with van der Waals surface area (Å²) in [6, 6.07) is 0. The van der Waals surface area contributed by atoms with Gasteiger partial charge < -0.3 is 21.1 Å². The van der Waals surface area contributed by atoms with Crippen molar-refractivity contribution in [2.75, 3.05) is 19.7 Å². The Morgan fingerprint density at radius 1 is 1.28 bits per heavy atom. The third-order valence-corrected chi connectivity index (χ3v) is 2.61. The van der Waals surface area contributed by atoms with Crippen LogP contribution in [0.15, 0.2) is 0 Å². The Labute approximate surface area is 105 Å². The Hall–Kier alpha value is -1.47. The van der Waals surface area contributed by atoms with E-state index in [1.54, 1.807) is 6.92 Å². The minimum absolute atomic E-state index is 0.1000. The van der Waals surface area contributed by atoms with Crippen molar-refractivity contribution in [1.29, 1.82) is 0 Å². The average Bonchev–Trinajstić information content (AvgIpc) is 3.00. The van der Waals surface area contributed by atoms with Crippen molar-refractivity contribution in [1.82, 2.24) is 10.6 Å². The summed E-state index contributed by atoms with van der Waals surface area (Å²) in [6.45, 7) is 4.83. The van der Waals surface area contributed by atoms with Gasteiger partial charge in [0.15, 0.2) is 5.78 Å². The van der Waals surface area contributed by atoms with Gasteiger partial charge in [0.2, 0.25) is 11.8 Å². The van der Waals surface area contributed by atoms with Crippen molar-refractivity contribution in [2.24, 2.45) is 5.73 Å². The Morgan fingerprint density at radius 2 is 1.83 bits per heavy atom. The van der Waals surface area contributed by atoms with E-state index >= 15 is 0 Å². The number of nitrogens with two attached hydrogens (primary N) is 1. The van der Waals surface area contributed by atoms with Crippen LogP contribution in [0, 0.1) is 0 Å². The van der Waals surface area contributed by atoms with Crippen LogP contribution in [0.25, 0.3) is 0 Å². The van der Waals surface area contributed by atoms with E-state index in [0.29, 0.717) is 6.61 Å². The Balaban J connectivity index is 2.22. The van der Waals surface area contributed by atoms with E-state index in [4.69, 9.17) is 10.5 Å². The molecule has 7 nitrogen and oxygen atoms in total. The number of epoxide rings is 1. The summed E-state index contributed by atoms with van der Waals surface area (Å²) >= 11 is 0. The Morgan fingerprint density at radius 3 is 2.28 bits per heavy atom. The van der Waals surface area contributed by atoms with Gasteiger partial charge in [-0.05, 0) is 20.8 Å². The SMILES string of the molecule is CC(C)(N)C(=O)NCC(=O)NCC(=O)[C@@]1(C)CO1. The second-order valence-corrected chi connectivity index (χ2v) is 5.12. The van der Waals surface area contributed by atoms with Crippen LogP contribution in [-0.4, -0.2) is 48.4 Å². The topological polar surface area (TPSA) is 114 Å². The van der Waals surface area contributed by atoms with Gasteiger partial charge in [0.05, 0.1) is 25.2 Å². The summed E-state index contributed by atoms with van der Waals surface area (Å²) < 4.78 is 4.95. The molecule has 0 aromatic heterocycles. The first-order chi connectivity index (χ1) is 8.15. The van der Waals surface area contributed by atoms with E-state index in [1.165, 1.54) is 13.8 Å². The fourth-order valence-electron chi connectivity index (χ4n) is 1.09. The zero-order chi connectivity index (χ0) is 14.0. The van der Waals surface area contributed by atoms with E-state index < -0.39 is 23.0 Å². The molecule has 0 unspecified atom stereocenters. The van der Waals surface area contributed by atoms with Crippen LogP contribution in [0.2, 0.25) is 0 Å². The van der Waals surface area contributed by atoms with Gasteiger partial charge in [-0.2, -0.15) is 0 Å². The number of hydrogen-bond acceptors (Lipinski definition) is 5. The quantitative estimate of drug-likeness (QED) is 0.491. The number of nitrogens with one attached hydrogen (secondary N) is 2. The average molecular weight is 257 g/mol. The lowest BCUT2D eigenvalue weighted by atomic mass is 10.1. The number of hydrogen-bond donors (Lipinski definition) is 3. The lowest BCUT2D eigenvalue weighted by Gasteiger charge is -2.17. The van der Waals surface area contributed by atoms with Crippen LogP contribution in [0.1, 0.15) is 20.8 Å². The highest BCUT2D eigenvalue weighted by Gasteiger charge is 2.46. The molecule has 1 aliphatic rings. The number of Topliss-reactive ketones (excluding diaryl/α,β-unsaturated/α-hetero) is 1. The van der Waals surface area contributed by atoms with Crippen molar-refractivity contribution in [3.63, 3.8) is 0 Å². The minimum Gasteiger partial charge on any atom is -0.362 e. The second-order valence-electron chi connectivity index (χ2n) is 5.12.